The van der Waals surface area contributed by atoms with Gasteiger partial charge in [-0.05, 0) is 62.5 Å². The molecule has 4 rings (SSSR count). The molecule has 0 radical (unpaired) electrons. The van der Waals surface area contributed by atoms with Crippen molar-refractivity contribution in [1.29, 1.82) is 0 Å². The molecule has 3 aliphatic rings. The molecule has 1 aromatic rings. The number of nitrogens with zero attached hydrogens (tertiary/aromatic N) is 1. The number of hydrogen-bond acceptors (Lipinski definition) is 2. The number of fused-ring (bicyclic) bond motifs is 2. The molecule has 0 unspecified atom stereocenters. The molecule has 0 amide bonds. The van der Waals surface area contributed by atoms with Crippen molar-refractivity contribution in [1.82, 2.24) is 4.90 Å². The summed E-state index contributed by atoms with van der Waals surface area (Å²) in [5.41, 5.74) is 3.12. The summed E-state index contributed by atoms with van der Waals surface area (Å²) in [6.07, 6.45) is 9.73. The van der Waals surface area contributed by atoms with Crippen LogP contribution in [0.15, 0.2) is 18.2 Å². The lowest BCUT2D eigenvalue weighted by Crippen LogP contribution is -2.48. The summed E-state index contributed by atoms with van der Waals surface area (Å²) in [6, 6.07) is 7.22. The highest BCUT2D eigenvalue weighted by molar-refractivity contribution is 6.30. The highest BCUT2D eigenvalue weighted by atomic mass is 35.5. The fourth-order valence-electron chi connectivity index (χ4n) is 4.68. The van der Waals surface area contributed by atoms with Crippen LogP contribution in [0.3, 0.4) is 0 Å². The first-order chi connectivity index (χ1) is 10.3. The van der Waals surface area contributed by atoms with Crippen LogP contribution >= 0.6 is 11.6 Å². The third-order valence-electron chi connectivity index (χ3n) is 6.02. The van der Waals surface area contributed by atoms with Crippen LogP contribution in [-0.2, 0) is 5.41 Å². The second-order valence-corrected chi connectivity index (χ2v) is 7.59. The van der Waals surface area contributed by atoms with Crippen molar-refractivity contribution < 1.29 is 0 Å². The van der Waals surface area contributed by atoms with Crippen molar-refractivity contribution in [2.24, 2.45) is 0 Å². The molecule has 0 bridgehead atoms. The van der Waals surface area contributed by atoms with Crippen LogP contribution in [0.25, 0.3) is 0 Å². The lowest BCUT2D eigenvalue weighted by Gasteiger charge is -2.43. The molecule has 1 spiro atoms. The summed E-state index contributed by atoms with van der Waals surface area (Å²) in [4.78, 5) is 2.77. The Morgan fingerprint density at radius 1 is 1.10 bits per heavy atom. The second-order valence-electron chi connectivity index (χ2n) is 7.15. The maximum atomic E-state index is 6.24. The van der Waals surface area contributed by atoms with Gasteiger partial charge in [0.1, 0.15) is 0 Å². The largest absolute Gasteiger partial charge is 0.384 e. The second kappa shape index (κ2) is 5.48. The number of halogens is 1. The average Bonchev–Trinajstić information content (AvgIpc) is 2.87. The zero-order valence-electron chi connectivity index (χ0n) is 12.7. The zero-order chi connectivity index (χ0) is 14.3. The van der Waals surface area contributed by atoms with Gasteiger partial charge in [0.25, 0.3) is 0 Å². The van der Waals surface area contributed by atoms with Crippen LogP contribution in [0.1, 0.15) is 50.5 Å². The SMILES string of the molecule is Clc1ccc2c(c1)C1(CCN(C3CCCCC3)CC1)CN2. The Labute approximate surface area is 132 Å². The van der Waals surface area contributed by atoms with E-state index in [4.69, 9.17) is 11.6 Å². The average molecular weight is 305 g/mol. The first-order valence-corrected chi connectivity index (χ1v) is 8.93. The van der Waals surface area contributed by atoms with Gasteiger partial charge in [-0.25, -0.2) is 0 Å². The number of piperidine rings is 1. The Morgan fingerprint density at radius 3 is 2.62 bits per heavy atom. The van der Waals surface area contributed by atoms with Gasteiger partial charge in [-0.3, -0.25) is 0 Å². The van der Waals surface area contributed by atoms with Crippen molar-refractivity contribution in [2.75, 3.05) is 25.0 Å². The van der Waals surface area contributed by atoms with Crippen molar-refractivity contribution in [3.8, 4) is 0 Å². The summed E-state index contributed by atoms with van der Waals surface area (Å²) in [6.45, 7) is 3.62. The number of anilines is 1. The van der Waals surface area contributed by atoms with E-state index < -0.39 is 0 Å². The first-order valence-electron chi connectivity index (χ1n) is 8.55. The highest BCUT2D eigenvalue weighted by Crippen LogP contribution is 2.45. The van der Waals surface area contributed by atoms with Gasteiger partial charge in [0.15, 0.2) is 0 Å². The lowest BCUT2D eigenvalue weighted by atomic mass is 9.73. The van der Waals surface area contributed by atoms with Crippen molar-refractivity contribution in [2.45, 2.75) is 56.4 Å². The molecular formula is C18H25ClN2. The van der Waals surface area contributed by atoms with Gasteiger partial charge in [-0.15, -0.1) is 0 Å². The van der Waals surface area contributed by atoms with Crippen molar-refractivity contribution in [3.63, 3.8) is 0 Å². The first kappa shape index (κ1) is 13.9. The fourth-order valence-corrected chi connectivity index (χ4v) is 4.85. The predicted molar refractivity (Wildman–Crippen MR) is 89.3 cm³/mol. The number of benzene rings is 1. The Balaban J connectivity index is 1.49. The molecule has 0 atom stereocenters. The highest BCUT2D eigenvalue weighted by Gasteiger charge is 2.42. The molecule has 2 fully saturated rings. The lowest BCUT2D eigenvalue weighted by molar-refractivity contribution is 0.0982. The molecule has 2 heterocycles. The molecule has 114 valence electrons. The van der Waals surface area contributed by atoms with E-state index in [1.807, 2.05) is 6.07 Å². The Bertz CT molecular complexity index is 514. The molecule has 1 saturated heterocycles. The van der Waals surface area contributed by atoms with Gasteiger partial charge in [-0.1, -0.05) is 30.9 Å². The van der Waals surface area contributed by atoms with Crippen LogP contribution in [0.4, 0.5) is 5.69 Å². The van der Waals surface area contributed by atoms with Crippen LogP contribution in [-0.4, -0.2) is 30.6 Å². The van der Waals surface area contributed by atoms with Gasteiger partial charge in [0, 0.05) is 28.7 Å². The number of nitrogens with one attached hydrogen (secondary N) is 1. The summed E-state index contributed by atoms with van der Waals surface area (Å²) in [7, 11) is 0. The fraction of sp³-hybridized carbons (Fsp3) is 0.667. The van der Waals surface area contributed by atoms with Gasteiger partial charge in [0.2, 0.25) is 0 Å². The van der Waals surface area contributed by atoms with Gasteiger partial charge < -0.3 is 10.2 Å². The van der Waals surface area contributed by atoms with Crippen LogP contribution in [0.2, 0.25) is 5.02 Å². The van der Waals surface area contributed by atoms with E-state index in [0.717, 1.165) is 17.6 Å². The van der Waals surface area contributed by atoms with E-state index in [1.54, 1.807) is 0 Å². The minimum atomic E-state index is 0.339. The number of hydrogen-bond donors (Lipinski definition) is 1. The predicted octanol–water partition coefficient (Wildman–Crippen LogP) is 4.43. The van der Waals surface area contributed by atoms with Crippen LogP contribution in [0, 0.1) is 0 Å². The maximum Gasteiger partial charge on any atom is 0.0410 e. The molecule has 2 aliphatic heterocycles. The van der Waals surface area contributed by atoms with E-state index in [9.17, 15) is 0 Å². The minimum absolute atomic E-state index is 0.339. The smallest absolute Gasteiger partial charge is 0.0410 e. The van der Waals surface area contributed by atoms with Gasteiger partial charge >= 0.3 is 0 Å². The summed E-state index contributed by atoms with van der Waals surface area (Å²) in [5, 5.41) is 4.49. The number of rotatable bonds is 1. The van der Waals surface area contributed by atoms with Crippen LogP contribution in [0.5, 0.6) is 0 Å². The van der Waals surface area contributed by atoms with Crippen LogP contribution < -0.4 is 5.32 Å². The molecular weight excluding hydrogens is 280 g/mol. The van der Waals surface area contributed by atoms with Crippen molar-refractivity contribution in [3.05, 3.63) is 28.8 Å². The molecule has 1 aromatic carbocycles. The van der Waals surface area contributed by atoms with E-state index in [-0.39, 0.29) is 0 Å². The standard InChI is InChI=1S/C18H25ClN2/c19-14-6-7-17-16(12-14)18(13-20-17)8-10-21(11-9-18)15-4-2-1-3-5-15/h6-7,12,15,20H,1-5,8-11,13H2. The third-order valence-corrected chi connectivity index (χ3v) is 6.25. The Hall–Kier alpha value is -0.730. The Morgan fingerprint density at radius 2 is 1.86 bits per heavy atom. The third kappa shape index (κ3) is 2.47. The summed E-state index contributed by atoms with van der Waals surface area (Å²) in [5.74, 6) is 0. The maximum absolute atomic E-state index is 6.24. The topological polar surface area (TPSA) is 15.3 Å². The molecule has 3 heteroatoms. The molecule has 0 aromatic heterocycles. The molecule has 21 heavy (non-hydrogen) atoms. The molecule has 1 aliphatic carbocycles. The molecule has 1 saturated carbocycles. The molecule has 1 N–H and O–H groups in total. The van der Waals surface area contributed by atoms with E-state index >= 15 is 0 Å². The monoisotopic (exact) mass is 304 g/mol. The van der Waals surface area contributed by atoms with E-state index in [2.05, 4.69) is 22.3 Å². The van der Waals surface area contributed by atoms with E-state index in [1.165, 1.54) is 69.3 Å². The quantitative estimate of drug-likeness (QED) is 0.825. The van der Waals surface area contributed by atoms with Crippen molar-refractivity contribution >= 4 is 17.3 Å². The van der Waals surface area contributed by atoms with Gasteiger partial charge in [0.05, 0.1) is 0 Å². The zero-order valence-corrected chi connectivity index (χ0v) is 13.5. The van der Waals surface area contributed by atoms with E-state index in [0.29, 0.717) is 5.41 Å². The summed E-state index contributed by atoms with van der Waals surface area (Å²) >= 11 is 6.24. The van der Waals surface area contributed by atoms with Gasteiger partial charge in [-0.2, -0.15) is 0 Å². The Kier molecular flexibility index (Phi) is 3.63. The number of likely N-dealkylation sites (tertiary alicyclic amines) is 1. The summed E-state index contributed by atoms with van der Waals surface area (Å²) < 4.78 is 0. The normalized spacial score (nSPS) is 25.8. The molecule has 2 nitrogen and oxygen atoms in total. The minimum Gasteiger partial charge on any atom is -0.384 e.